The molecule has 1 nitrogen and oxygen atoms in total. The third-order valence-electron chi connectivity index (χ3n) is 2.09. The van der Waals surface area contributed by atoms with Crippen LogP contribution in [0, 0.1) is 6.92 Å². The minimum atomic E-state index is 0. The van der Waals surface area contributed by atoms with Crippen LogP contribution < -0.4 is 24.8 Å². The molecule has 0 spiro atoms. The van der Waals surface area contributed by atoms with Crippen LogP contribution in [0.15, 0.2) is 36.4 Å². The summed E-state index contributed by atoms with van der Waals surface area (Å²) in [6, 6.07) is 11.6. The first-order chi connectivity index (χ1) is 5.79. The van der Waals surface area contributed by atoms with Gasteiger partial charge in [0.1, 0.15) is 5.75 Å². The maximum Gasteiger partial charge on any atom is 2.00 e. The molecule has 2 rings (SSSR count). The van der Waals surface area contributed by atoms with Crippen LogP contribution in [0.1, 0.15) is 5.56 Å². The summed E-state index contributed by atoms with van der Waals surface area (Å²) in [7, 11) is 0. The third-order valence-corrected chi connectivity index (χ3v) is 2.09. The Morgan fingerprint density at radius 1 is 0.933 bits per heavy atom. The van der Waals surface area contributed by atoms with E-state index in [1.54, 1.807) is 6.07 Å². The molecule has 0 atom stereocenters. The Balaban J connectivity index is 0. The van der Waals surface area contributed by atoms with Gasteiger partial charge in [0.2, 0.25) is 0 Å². The Morgan fingerprint density at radius 2 is 1.47 bits per heavy atom. The van der Waals surface area contributed by atoms with E-state index in [4.69, 9.17) is 0 Å². The van der Waals surface area contributed by atoms with E-state index in [0.717, 1.165) is 16.3 Å². The molecule has 0 aliphatic heterocycles. The molecule has 0 amide bonds. The summed E-state index contributed by atoms with van der Waals surface area (Å²) in [6.45, 7) is 2.00. The molecule has 0 radical (unpaired) electrons. The summed E-state index contributed by atoms with van der Waals surface area (Å²) in [5.41, 5.74) is 1.12. The number of aromatic hydroxyl groups is 1. The number of halogens is 2. The predicted octanol–water partition coefficient (Wildman–Crippen LogP) is -3.14. The van der Waals surface area contributed by atoms with E-state index in [0.29, 0.717) is 5.75 Å². The van der Waals surface area contributed by atoms with Gasteiger partial charge in [0, 0.05) is 5.39 Å². The molecule has 2 aromatic carbocycles. The summed E-state index contributed by atoms with van der Waals surface area (Å²) in [4.78, 5) is 0. The van der Waals surface area contributed by atoms with Crippen molar-refractivity contribution in [1.29, 1.82) is 0 Å². The summed E-state index contributed by atoms with van der Waals surface area (Å²) >= 11 is 0. The summed E-state index contributed by atoms with van der Waals surface area (Å²) in [5, 5.41) is 11.6. The number of hydrogen-bond acceptors (Lipinski definition) is 1. The summed E-state index contributed by atoms with van der Waals surface area (Å²) < 4.78 is 0. The van der Waals surface area contributed by atoms with Gasteiger partial charge in [0.05, 0.1) is 0 Å². The number of phenolic OH excluding ortho intramolecular Hbond substituents is 1. The van der Waals surface area contributed by atoms with Crippen LogP contribution in [0.3, 0.4) is 0 Å². The molecular formula is C11H10Cl2OTi. The normalized spacial score (nSPS) is 8.33. The SMILES string of the molecule is Cc1cccc2cccc(O)c12.[Cl-].[Cl-].[Ti+2]. The summed E-state index contributed by atoms with van der Waals surface area (Å²) in [5.74, 6) is 0.366. The minimum Gasteiger partial charge on any atom is -1.00 e. The Bertz CT molecular complexity index is 395. The quantitative estimate of drug-likeness (QED) is 0.505. The average molecular weight is 277 g/mol. The first-order valence-electron chi connectivity index (χ1n) is 3.96. The molecule has 0 aliphatic carbocycles. The second-order valence-corrected chi connectivity index (χ2v) is 2.95. The van der Waals surface area contributed by atoms with Gasteiger partial charge in [-0.15, -0.1) is 0 Å². The molecular weight excluding hydrogens is 267 g/mol. The predicted molar refractivity (Wildman–Crippen MR) is 50.3 cm³/mol. The molecule has 0 unspecified atom stereocenters. The standard InChI is InChI=1S/C11H10O.2ClH.Ti/c1-8-4-2-5-9-6-3-7-10(12)11(8)9;;;/h2-7,12H,1H3;2*1H;/q;;;+2/p-2. The number of hydrogen-bond donors (Lipinski definition) is 1. The first-order valence-corrected chi connectivity index (χ1v) is 3.96. The third kappa shape index (κ3) is 3.39. The molecule has 0 bridgehead atoms. The molecule has 0 aliphatic rings. The van der Waals surface area contributed by atoms with Gasteiger partial charge in [-0.3, -0.25) is 0 Å². The van der Waals surface area contributed by atoms with Gasteiger partial charge in [-0.2, -0.15) is 0 Å². The maximum atomic E-state index is 9.55. The van der Waals surface area contributed by atoms with Crippen LogP contribution >= 0.6 is 0 Å². The van der Waals surface area contributed by atoms with Crippen molar-refractivity contribution >= 4 is 10.8 Å². The van der Waals surface area contributed by atoms with Crippen molar-refractivity contribution in [2.45, 2.75) is 6.92 Å². The van der Waals surface area contributed by atoms with E-state index >= 15 is 0 Å². The van der Waals surface area contributed by atoms with E-state index < -0.39 is 0 Å². The molecule has 0 aromatic heterocycles. The summed E-state index contributed by atoms with van der Waals surface area (Å²) in [6.07, 6.45) is 0. The molecule has 0 fully saturated rings. The Kier molecular flexibility index (Phi) is 8.18. The smallest absolute Gasteiger partial charge is 1.00 e. The van der Waals surface area contributed by atoms with Crippen LogP contribution in [-0.2, 0) is 21.7 Å². The van der Waals surface area contributed by atoms with Crippen molar-refractivity contribution in [3.8, 4) is 5.75 Å². The fourth-order valence-corrected chi connectivity index (χ4v) is 1.51. The van der Waals surface area contributed by atoms with Gasteiger partial charge >= 0.3 is 21.7 Å². The fourth-order valence-electron chi connectivity index (χ4n) is 1.51. The van der Waals surface area contributed by atoms with Crippen molar-refractivity contribution in [2.75, 3.05) is 0 Å². The molecule has 1 N–H and O–H groups in total. The number of rotatable bonds is 0. The largest absolute Gasteiger partial charge is 2.00 e. The minimum absolute atomic E-state index is 0. The van der Waals surface area contributed by atoms with Crippen LogP contribution in [-0.4, -0.2) is 5.11 Å². The Labute approximate surface area is 117 Å². The molecule has 0 saturated carbocycles. The number of benzene rings is 2. The van der Waals surface area contributed by atoms with Crippen molar-refractivity contribution in [3.63, 3.8) is 0 Å². The Hall–Kier alpha value is -0.206. The zero-order valence-electron chi connectivity index (χ0n) is 8.17. The number of aryl methyl sites for hydroxylation is 1. The second-order valence-electron chi connectivity index (χ2n) is 2.95. The zero-order valence-corrected chi connectivity index (χ0v) is 11.2. The molecule has 0 saturated heterocycles. The number of fused-ring (bicyclic) bond motifs is 1. The molecule has 78 valence electrons. The average Bonchev–Trinajstić information content (AvgIpc) is 2.04. The van der Waals surface area contributed by atoms with Gasteiger partial charge in [-0.25, -0.2) is 0 Å². The topological polar surface area (TPSA) is 20.2 Å². The van der Waals surface area contributed by atoms with Gasteiger partial charge in [-0.05, 0) is 23.9 Å². The van der Waals surface area contributed by atoms with E-state index in [1.807, 2.05) is 37.3 Å². The van der Waals surface area contributed by atoms with Crippen LogP contribution in [0.4, 0.5) is 0 Å². The van der Waals surface area contributed by atoms with E-state index in [9.17, 15) is 5.11 Å². The van der Waals surface area contributed by atoms with Gasteiger partial charge in [0.25, 0.3) is 0 Å². The molecule has 2 aromatic rings. The van der Waals surface area contributed by atoms with Gasteiger partial charge in [0.15, 0.2) is 0 Å². The van der Waals surface area contributed by atoms with Crippen molar-refractivity contribution in [1.82, 2.24) is 0 Å². The van der Waals surface area contributed by atoms with Crippen LogP contribution in [0.5, 0.6) is 5.75 Å². The Morgan fingerprint density at radius 3 is 2.00 bits per heavy atom. The van der Waals surface area contributed by atoms with E-state index in [1.165, 1.54) is 0 Å². The molecule has 0 heterocycles. The van der Waals surface area contributed by atoms with E-state index in [2.05, 4.69) is 0 Å². The first kappa shape index (κ1) is 17.2. The van der Waals surface area contributed by atoms with Crippen LogP contribution in [0.2, 0.25) is 0 Å². The molecule has 15 heavy (non-hydrogen) atoms. The number of phenols is 1. The second kappa shape index (κ2) is 7.13. The zero-order chi connectivity index (χ0) is 8.55. The van der Waals surface area contributed by atoms with Crippen molar-refractivity contribution in [3.05, 3.63) is 42.0 Å². The van der Waals surface area contributed by atoms with Gasteiger partial charge < -0.3 is 29.9 Å². The fraction of sp³-hybridized carbons (Fsp3) is 0.0909. The van der Waals surface area contributed by atoms with Crippen molar-refractivity contribution < 1.29 is 51.6 Å². The maximum absolute atomic E-state index is 9.55. The monoisotopic (exact) mass is 276 g/mol. The van der Waals surface area contributed by atoms with Crippen LogP contribution in [0.25, 0.3) is 10.8 Å². The van der Waals surface area contributed by atoms with Gasteiger partial charge in [-0.1, -0.05) is 30.3 Å². The van der Waals surface area contributed by atoms with Crippen molar-refractivity contribution in [2.24, 2.45) is 0 Å². The molecule has 4 heteroatoms. The van der Waals surface area contributed by atoms with E-state index in [-0.39, 0.29) is 46.5 Å².